The SMILES string of the molecule is CC(N(C)c1nc2sccn2c1C=CC(=O)O)C(C)(C)C. The number of carboxylic acid groups (broad SMARTS) is 1. The second-order valence-corrected chi connectivity index (χ2v) is 7.07. The highest BCUT2D eigenvalue weighted by molar-refractivity contribution is 7.15. The number of carbonyl (C=O) groups is 1. The Balaban J connectivity index is 2.50. The quantitative estimate of drug-likeness (QED) is 0.880. The molecular formula is C15H21N3O2S. The van der Waals surface area contributed by atoms with Gasteiger partial charge in [0.25, 0.3) is 0 Å². The van der Waals surface area contributed by atoms with E-state index in [1.54, 1.807) is 6.08 Å². The summed E-state index contributed by atoms with van der Waals surface area (Å²) in [6.07, 6.45) is 4.67. The van der Waals surface area contributed by atoms with E-state index in [2.05, 4.69) is 37.6 Å². The van der Waals surface area contributed by atoms with Crippen LogP contribution in [0.3, 0.4) is 0 Å². The molecule has 0 amide bonds. The molecule has 114 valence electrons. The third-order valence-electron chi connectivity index (χ3n) is 3.83. The molecule has 0 radical (unpaired) electrons. The van der Waals surface area contributed by atoms with Gasteiger partial charge in [0.2, 0.25) is 0 Å². The molecule has 1 N–H and O–H groups in total. The lowest BCUT2D eigenvalue weighted by Gasteiger charge is -2.35. The molecule has 21 heavy (non-hydrogen) atoms. The van der Waals surface area contributed by atoms with Gasteiger partial charge in [-0.15, -0.1) is 11.3 Å². The summed E-state index contributed by atoms with van der Waals surface area (Å²) < 4.78 is 1.92. The van der Waals surface area contributed by atoms with Crippen LogP contribution in [-0.2, 0) is 4.79 Å². The van der Waals surface area contributed by atoms with Crippen molar-refractivity contribution in [2.45, 2.75) is 33.7 Å². The van der Waals surface area contributed by atoms with Crippen molar-refractivity contribution in [3.8, 4) is 0 Å². The first-order chi connectivity index (χ1) is 9.71. The second-order valence-electron chi connectivity index (χ2n) is 6.20. The highest BCUT2D eigenvalue weighted by atomic mass is 32.1. The molecular weight excluding hydrogens is 286 g/mol. The molecule has 0 aliphatic carbocycles. The predicted octanol–water partition coefficient (Wildman–Crippen LogP) is 3.36. The summed E-state index contributed by atoms with van der Waals surface area (Å²) in [6.45, 7) is 8.69. The van der Waals surface area contributed by atoms with Gasteiger partial charge in [0.15, 0.2) is 10.8 Å². The van der Waals surface area contributed by atoms with Gasteiger partial charge in [-0.1, -0.05) is 20.8 Å². The lowest BCUT2D eigenvalue weighted by atomic mass is 9.87. The summed E-state index contributed by atoms with van der Waals surface area (Å²) >= 11 is 1.54. The standard InChI is InChI=1S/C15H21N3O2S/c1-10(15(2,3)4)17(5)13-11(6-7-12(19)20)18-8-9-21-14(18)16-13/h6-10H,1-5H3,(H,19,20). The van der Waals surface area contributed by atoms with Gasteiger partial charge >= 0.3 is 5.97 Å². The van der Waals surface area contributed by atoms with Gasteiger partial charge in [-0.25, -0.2) is 9.78 Å². The minimum atomic E-state index is -0.961. The fourth-order valence-electron chi connectivity index (χ4n) is 2.12. The van der Waals surface area contributed by atoms with Crippen LogP contribution in [0.25, 0.3) is 11.0 Å². The Kier molecular flexibility index (Phi) is 4.09. The summed E-state index contributed by atoms with van der Waals surface area (Å²) in [7, 11) is 2.00. The molecule has 0 fully saturated rings. The molecule has 1 unspecified atom stereocenters. The zero-order valence-electron chi connectivity index (χ0n) is 13.0. The average molecular weight is 307 g/mol. The molecule has 0 saturated heterocycles. The molecule has 0 bridgehead atoms. The monoisotopic (exact) mass is 307 g/mol. The van der Waals surface area contributed by atoms with E-state index in [1.165, 1.54) is 11.3 Å². The number of rotatable bonds is 4. The minimum absolute atomic E-state index is 0.0968. The van der Waals surface area contributed by atoms with E-state index in [1.807, 2.05) is 23.0 Å². The van der Waals surface area contributed by atoms with Crippen molar-refractivity contribution in [2.24, 2.45) is 5.41 Å². The van der Waals surface area contributed by atoms with Crippen LogP contribution in [0.2, 0.25) is 0 Å². The van der Waals surface area contributed by atoms with Crippen LogP contribution in [0.4, 0.5) is 5.82 Å². The van der Waals surface area contributed by atoms with E-state index < -0.39 is 5.97 Å². The van der Waals surface area contributed by atoms with Crippen molar-refractivity contribution in [1.29, 1.82) is 0 Å². The van der Waals surface area contributed by atoms with Gasteiger partial charge in [0.1, 0.15) is 0 Å². The van der Waals surface area contributed by atoms with Crippen molar-refractivity contribution in [1.82, 2.24) is 9.38 Å². The first-order valence-electron chi connectivity index (χ1n) is 6.81. The number of aliphatic carboxylic acids is 1. The molecule has 2 aromatic rings. The predicted molar refractivity (Wildman–Crippen MR) is 87.1 cm³/mol. The third-order valence-corrected chi connectivity index (χ3v) is 4.59. The molecule has 0 spiro atoms. The van der Waals surface area contributed by atoms with E-state index in [0.29, 0.717) is 0 Å². The van der Waals surface area contributed by atoms with Crippen LogP contribution in [0.5, 0.6) is 0 Å². The van der Waals surface area contributed by atoms with Crippen LogP contribution >= 0.6 is 11.3 Å². The van der Waals surface area contributed by atoms with Gasteiger partial charge < -0.3 is 10.0 Å². The number of aromatic nitrogens is 2. The molecule has 6 heteroatoms. The zero-order valence-corrected chi connectivity index (χ0v) is 13.8. The summed E-state index contributed by atoms with van der Waals surface area (Å²) in [5.74, 6) is -0.153. The van der Waals surface area contributed by atoms with Crippen molar-refractivity contribution >= 4 is 34.2 Å². The fraction of sp³-hybridized carbons (Fsp3) is 0.467. The first kappa shape index (κ1) is 15.6. The highest BCUT2D eigenvalue weighted by Gasteiger charge is 2.27. The Morgan fingerprint density at radius 1 is 1.52 bits per heavy atom. The van der Waals surface area contributed by atoms with Gasteiger partial charge in [0, 0.05) is 30.7 Å². The van der Waals surface area contributed by atoms with Gasteiger partial charge in [-0.3, -0.25) is 4.40 Å². The van der Waals surface area contributed by atoms with E-state index in [4.69, 9.17) is 5.11 Å². The average Bonchev–Trinajstić information content (AvgIpc) is 2.93. The number of hydrogen-bond donors (Lipinski definition) is 1. The van der Waals surface area contributed by atoms with Crippen molar-refractivity contribution < 1.29 is 9.90 Å². The topological polar surface area (TPSA) is 57.8 Å². The zero-order chi connectivity index (χ0) is 15.8. The molecule has 2 rings (SSSR count). The lowest BCUT2D eigenvalue weighted by Crippen LogP contribution is -2.39. The van der Waals surface area contributed by atoms with E-state index >= 15 is 0 Å². The summed E-state index contributed by atoms with van der Waals surface area (Å²) in [6, 6.07) is 0.263. The van der Waals surface area contributed by atoms with Crippen LogP contribution < -0.4 is 4.90 Å². The van der Waals surface area contributed by atoms with E-state index in [-0.39, 0.29) is 11.5 Å². The maximum atomic E-state index is 10.8. The highest BCUT2D eigenvalue weighted by Crippen LogP contribution is 2.31. The summed E-state index contributed by atoms with van der Waals surface area (Å²) in [5.41, 5.74) is 0.895. The molecule has 1 atom stereocenters. The number of nitrogens with zero attached hydrogens (tertiary/aromatic N) is 3. The Labute approximate surface area is 128 Å². The molecule has 2 aromatic heterocycles. The van der Waals surface area contributed by atoms with E-state index in [9.17, 15) is 4.79 Å². The van der Waals surface area contributed by atoms with Gasteiger partial charge in [-0.2, -0.15) is 0 Å². The fourth-order valence-corrected chi connectivity index (χ4v) is 2.84. The molecule has 0 aliphatic rings. The molecule has 5 nitrogen and oxygen atoms in total. The Morgan fingerprint density at radius 3 is 2.76 bits per heavy atom. The second kappa shape index (κ2) is 5.52. The Morgan fingerprint density at radius 2 is 2.19 bits per heavy atom. The normalized spacial score (nSPS) is 14.0. The minimum Gasteiger partial charge on any atom is -0.478 e. The van der Waals surface area contributed by atoms with Crippen LogP contribution in [0.1, 0.15) is 33.4 Å². The van der Waals surface area contributed by atoms with Crippen LogP contribution in [0, 0.1) is 5.41 Å². The number of anilines is 1. The van der Waals surface area contributed by atoms with Crippen molar-refractivity contribution in [2.75, 3.05) is 11.9 Å². The molecule has 0 aromatic carbocycles. The number of fused-ring (bicyclic) bond motifs is 1. The maximum absolute atomic E-state index is 10.8. The molecule has 0 aliphatic heterocycles. The maximum Gasteiger partial charge on any atom is 0.328 e. The largest absolute Gasteiger partial charge is 0.478 e. The summed E-state index contributed by atoms with van der Waals surface area (Å²) in [4.78, 5) is 18.4. The lowest BCUT2D eigenvalue weighted by molar-refractivity contribution is -0.131. The number of carboxylic acids is 1. The van der Waals surface area contributed by atoms with Crippen LogP contribution in [0.15, 0.2) is 17.7 Å². The number of thiazole rings is 1. The number of hydrogen-bond acceptors (Lipinski definition) is 4. The molecule has 0 saturated carbocycles. The first-order valence-corrected chi connectivity index (χ1v) is 7.69. The third kappa shape index (κ3) is 3.10. The van der Waals surface area contributed by atoms with Crippen LogP contribution in [-0.4, -0.2) is 33.6 Å². The van der Waals surface area contributed by atoms with Gasteiger partial charge in [0.05, 0.1) is 5.69 Å². The Hall–Kier alpha value is -1.82. The molecule has 2 heterocycles. The van der Waals surface area contributed by atoms with E-state index in [0.717, 1.165) is 22.5 Å². The number of imidazole rings is 1. The smallest absolute Gasteiger partial charge is 0.328 e. The van der Waals surface area contributed by atoms with Crippen molar-refractivity contribution in [3.63, 3.8) is 0 Å². The van der Waals surface area contributed by atoms with Crippen molar-refractivity contribution in [3.05, 3.63) is 23.3 Å². The summed E-state index contributed by atoms with van der Waals surface area (Å²) in [5, 5.41) is 10.8. The Bertz CT molecular complexity index is 679. The van der Waals surface area contributed by atoms with Gasteiger partial charge in [-0.05, 0) is 18.4 Å².